The maximum absolute atomic E-state index is 12.2. The van der Waals surface area contributed by atoms with E-state index in [4.69, 9.17) is 6.42 Å². The molecule has 2 aliphatic rings. The second kappa shape index (κ2) is 7.58. The van der Waals surface area contributed by atoms with Gasteiger partial charge in [-0.15, -0.1) is 12.3 Å². The zero-order valence-corrected chi connectivity index (χ0v) is 13.9. The Kier molecular flexibility index (Phi) is 5.26. The number of nitrogens with zero attached hydrogens (tertiary/aromatic N) is 5. The largest absolute Gasteiger partial charge is 0.352 e. The molecule has 0 spiro atoms. The molecule has 128 valence electrons. The predicted octanol–water partition coefficient (Wildman–Crippen LogP) is 1.67. The van der Waals surface area contributed by atoms with E-state index >= 15 is 0 Å². The van der Waals surface area contributed by atoms with Gasteiger partial charge in [-0.25, -0.2) is 0 Å². The predicted molar refractivity (Wildman–Crippen MR) is 90.5 cm³/mol. The Morgan fingerprint density at radius 1 is 1.29 bits per heavy atom. The van der Waals surface area contributed by atoms with Gasteiger partial charge in [-0.3, -0.25) is 9.48 Å². The van der Waals surface area contributed by atoms with E-state index in [2.05, 4.69) is 31.5 Å². The summed E-state index contributed by atoms with van der Waals surface area (Å²) in [5.74, 6) is 2.50. The third-order valence-corrected chi connectivity index (χ3v) is 4.60. The Balaban J connectivity index is 1.38. The zero-order valence-electron chi connectivity index (χ0n) is 13.9. The molecule has 0 saturated carbocycles. The standard InChI is InChI=1S/C17H24N6O/c1-2-3-6-17(20-21-17)7-8-18-16(24)15-13-19-23(14-15)12-11-22-9-4-5-10-22/h1,13-14H,3-12H2,(H,18,24). The first-order valence-electron chi connectivity index (χ1n) is 8.61. The summed E-state index contributed by atoms with van der Waals surface area (Å²) in [6, 6.07) is 0. The van der Waals surface area contributed by atoms with E-state index in [1.807, 2.05) is 10.9 Å². The van der Waals surface area contributed by atoms with Gasteiger partial charge in [0.25, 0.3) is 5.91 Å². The Morgan fingerprint density at radius 2 is 2.08 bits per heavy atom. The molecule has 1 amide bonds. The number of hydrogen-bond donors (Lipinski definition) is 1. The number of likely N-dealkylation sites (tertiary alicyclic amines) is 1. The van der Waals surface area contributed by atoms with Gasteiger partial charge >= 0.3 is 0 Å². The highest BCUT2D eigenvalue weighted by Gasteiger charge is 2.38. The SMILES string of the molecule is C#CCCC1(CCNC(=O)c2cnn(CCN3CCCC3)c2)N=N1. The van der Waals surface area contributed by atoms with Crippen LogP contribution < -0.4 is 5.32 Å². The summed E-state index contributed by atoms with van der Waals surface area (Å²) in [5, 5.41) is 15.3. The first kappa shape index (κ1) is 16.7. The summed E-state index contributed by atoms with van der Waals surface area (Å²) >= 11 is 0. The summed E-state index contributed by atoms with van der Waals surface area (Å²) in [7, 11) is 0. The highest BCUT2D eigenvalue weighted by Crippen LogP contribution is 2.35. The van der Waals surface area contributed by atoms with Gasteiger partial charge in [0.05, 0.1) is 18.3 Å². The van der Waals surface area contributed by atoms with Crippen LogP contribution in [0.15, 0.2) is 22.6 Å². The number of carbonyl (C=O) groups excluding carboxylic acids is 1. The van der Waals surface area contributed by atoms with E-state index < -0.39 is 0 Å². The molecule has 0 radical (unpaired) electrons. The van der Waals surface area contributed by atoms with Crippen LogP contribution in [0, 0.1) is 12.3 Å². The monoisotopic (exact) mass is 328 g/mol. The van der Waals surface area contributed by atoms with Gasteiger partial charge in [-0.1, -0.05) is 0 Å². The fraction of sp³-hybridized carbons (Fsp3) is 0.647. The van der Waals surface area contributed by atoms with Crippen LogP contribution in [0.1, 0.15) is 42.5 Å². The molecule has 0 atom stereocenters. The third-order valence-electron chi connectivity index (χ3n) is 4.60. The minimum Gasteiger partial charge on any atom is -0.352 e. The van der Waals surface area contributed by atoms with Crippen molar-refractivity contribution in [1.29, 1.82) is 0 Å². The van der Waals surface area contributed by atoms with Gasteiger partial charge in [-0.2, -0.15) is 15.3 Å². The quantitative estimate of drug-likeness (QED) is 0.701. The fourth-order valence-corrected chi connectivity index (χ4v) is 3.00. The molecule has 0 aromatic carbocycles. The van der Waals surface area contributed by atoms with Crippen LogP contribution in [-0.2, 0) is 6.54 Å². The number of terminal acetylenes is 1. The molecule has 1 aromatic rings. The molecule has 3 heterocycles. The molecular weight excluding hydrogens is 304 g/mol. The molecule has 7 heteroatoms. The summed E-state index contributed by atoms with van der Waals surface area (Å²) in [6.07, 6.45) is 13.4. The number of hydrogen-bond acceptors (Lipinski definition) is 5. The average molecular weight is 328 g/mol. The topological polar surface area (TPSA) is 74.9 Å². The minimum absolute atomic E-state index is 0.102. The van der Waals surface area contributed by atoms with E-state index in [9.17, 15) is 4.79 Å². The third kappa shape index (κ3) is 4.42. The second-order valence-corrected chi connectivity index (χ2v) is 6.43. The lowest BCUT2D eigenvalue weighted by atomic mass is 10.0. The van der Waals surface area contributed by atoms with Crippen molar-refractivity contribution in [3.05, 3.63) is 18.0 Å². The van der Waals surface area contributed by atoms with Crippen molar-refractivity contribution in [1.82, 2.24) is 20.0 Å². The lowest BCUT2D eigenvalue weighted by Crippen LogP contribution is -2.28. The van der Waals surface area contributed by atoms with E-state index in [1.165, 1.54) is 25.9 Å². The molecule has 2 aliphatic heterocycles. The molecule has 0 bridgehead atoms. The van der Waals surface area contributed by atoms with Crippen molar-refractivity contribution in [3.63, 3.8) is 0 Å². The van der Waals surface area contributed by atoms with E-state index in [-0.39, 0.29) is 11.6 Å². The van der Waals surface area contributed by atoms with Crippen LogP contribution in [0.5, 0.6) is 0 Å². The first-order valence-corrected chi connectivity index (χ1v) is 8.61. The molecule has 24 heavy (non-hydrogen) atoms. The van der Waals surface area contributed by atoms with Crippen LogP contribution in [0.25, 0.3) is 0 Å². The Morgan fingerprint density at radius 3 is 2.79 bits per heavy atom. The van der Waals surface area contributed by atoms with Crippen molar-refractivity contribution in [2.24, 2.45) is 10.2 Å². The maximum atomic E-state index is 12.2. The molecule has 1 aromatic heterocycles. The number of nitrogens with one attached hydrogen (secondary N) is 1. The molecule has 1 fully saturated rings. The lowest BCUT2D eigenvalue weighted by Gasteiger charge is -2.13. The highest BCUT2D eigenvalue weighted by atomic mass is 16.1. The Hall–Kier alpha value is -2.20. The lowest BCUT2D eigenvalue weighted by molar-refractivity contribution is 0.0952. The zero-order chi connectivity index (χ0) is 16.8. The van der Waals surface area contributed by atoms with Gasteiger partial charge in [0.1, 0.15) is 0 Å². The van der Waals surface area contributed by atoms with Crippen LogP contribution >= 0.6 is 0 Å². The molecular formula is C17H24N6O. The van der Waals surface area contributed by atoms with Crippen molar-refractivity contribution < 1.29 is 4.79 Å². The normalized spacial score (nSPS) is 18.5. The van der Waals surface area contributed by atoms with Crippen LogP contribution in [-0.4, -0.2) is 52.4 Å². The highest BCUT2D eigenvalue weighted by molar-refractivity contribution is 5.93. The van der Waals surface area contributed by atoms with Gasteiger partial charge in [0, 0.05) is 38.5 Å². The minimum atomic E-state index is -0.348. The van der Waals surface area contributed by atoms with Gasteiger partial charge in [0.2, 0.25) is 0 Å². The molecule has 1 N–H and O–H groups in total. The summed E-state index contributed by atoms with van der Waals surface area (Å²) in [4.78, 5) is 14.6. The molecule has 1 saturated heterocycles. The van der Waals surface area contributed by atoms with Gasteiger partial charge < -0.3 is 10.2 Å². The molecule has 7 nitrogen and oxygen atoms in total. The van der Waals surface area contributed by atoms with Crippen molar-refractivity contribution in [2.45, 2.75) is 44.3 Å². The summed E-state index contributed by atoms with van der Waals surface area (Å²) in [6.45, 7) is 4.69. The van der Waals surface area contributed by atoms with Crippen LogP contribution in [0.3, 0.4) is 0 Å². The number of rotatable bonds is 9. The second-order valence-electron chi connectivity index (χ2n) is 6.43. The number of carbonyl (C=O) groups is 1. The smallest absolute Gasteiger partial charge is 0.254 e. The number of aromatic nitrogens is 2. The van der Waals surface area contributed by atoms with Crippen LogP contribution in [0.4, 0.5) is 0 Å². The van der Waals surface area contributed by atoms with Gasteiger partial charge in [-0.05, 0) is 25.9 Å². The average Bonchev–Trinajstić information content (AvgIpc) is 3.01. The van der Waals surface area contributed by atoms with E-state index in [0.29, 0.717) is 24.9 Å². The fourth-order valence-electron chi connectivity index (χ4n) is 3.00. The number of amides is 1. The Labute approximate surface area is 142 Å². The Bertz CT molecular complexity index is 632. The molecule has 0 unspecified atom stereocenters. The maximum Gasteiger partial charge on any atom is 0.254 e. The van der Waals surface area contributed by atoms with Crippen LogP contribution in [0.2, 0.25) is 0 Å². The van der Waals surface area contributed by atoms with Crippen molar-refractivity contribution in [3.8, 4) is 12.3 Å². The van der Waals surface area contributed by atoms with Crippen molar-refractivity contribution >= 4 is 5.91 Å². The van der Waals surface area contributed by atoms with E-state index in [1.54, 1.807) is 6.20 Å². The molecule has 3 rings (SSSR count). The summed E-state index contributed by atoms with van der Waals surface area (Å²) < 4.78 is 1.84. The molecule has 0 aliphatic carbocycles. The summed E-state index contributed by atoms with van der Waals surface area (Å²) in [5.41, 5.74) is 0.248. The first-order chi connectivity index (χ1) is 11.7. The van der Waals surface area contributed by atoms with Crippen molar-refractivity contribution in [2.75, 3.05) is 26.2 Å². The van der Waals surface area contributed by atoms with E-state index in [0.717, 1.165) is 19.5 Å². The van der Waals surface area contributed by atoms with Gasteiger partial charge in [0.15, 0.2) is 5.66 Å².